The Morgan fingerprint density at radius 1 is 1.41 bits per heavy atom. The predicted octanol–water partition coefficient (Wildman–Crippen LogP) is 3.86. The van der Waals surface area contributed by atoms with Crippen molar-refractivity contribution in [3.05, 3.63) is 29.3 Å². The van der Waals surface area contributed by atoms with Crippen LogP contribution in [0.25, 0.3) is 0 Å². The van der Waals surface area contributed by atoms with Gasteiger partial charge in [0.15, 0.2) is 5.78 Å². The molecule has 6 heteroatoms. The number of aryl methyl sites for hydroxylation is 1. The monoisotopic (exact) mass is 310 g/mol. The largest absolute Gasteiger partial charge is 0.573 e. The lowest BCUT2D eigenvalue weighted by molar-refractivity contribution is -0.274. The van der Waals surface area contributed by atoms with E-state index < -0.39 is 22.7 Å². The first kappa shape index (κ1) is 14.0. The van der Waals surface area contributed by atoms with E-state index in [0.717, 1.165) is 6.07 Å². The number of alkyl halides is 4. The number of halogens is 4. The number of carbonyl (C=O) groups is 1. The van der Waals surface area contributed by atoms with Gasteiger partial charge in [0.1, 0.15) is 5.75 Å². The third-order valence-electron chi connectivity index (χ3n) is 2.07. The first-order valence-electron chi connectivity index (χ1n) is 4.76. The second-order valence-corrected chi connectivity index (χ2v) is 4.85. The molecule has 1 aromatic rings. The fraction of sp³-hybridized carbons (Fsp3) is 0.364. The van der Waals surface area contributed by atoms with Crippen LogP contribution in [0.15, 0.2) is 18.2 Å². The number of benzene rings is 1. The molecule has 1 rings (SSSR count). The van der Waals surface area contributed by atoms with Gasteiger partial charge in [0.2, 0.25) is 0 Å². The Hall–Kier alpha value is -1.04. The highest BCUT2D eigenvalue weighted by Crippen LogP contribution is 2.30. The van der Waals surface area contributed by atoms with Gasteiger partial charge < -0.3 is 4.74 Å². The Balaban J connectivity index is 3.22. The zero-order chi connectivity index (χ0) is 13.2. The van der Waals surface area contributed by atoms with E-state index in [1.165, 1.54) is 6.07 Å². The molecule has 0 bridgehead atoms. The number of rotatable bonds is 3. The summed E-state index contributed by atoms with van der Waals surface area (Å²) in [5, 5.41) is 0. The van der Waals surface area contributed by atoms with Gasteiger partial charge in [-0.3, -0.25) is 4.79 Å². The molecule has 0 fully saturated rings. The van der Waals surface area contributed by atoms with E-state index in [-0.39, 0.29) is 5.56 Å². The highest BCUT2D eigenvalue weighted by molar-refractivity contribution is 9.10. The van der Waals surface area contributed by atoms with Crippen LogP contribution >= 0.6 is 15.9 Å². The Labute approximate surface area is 105 Å². The summed E-state index contributed by atoms with van der Waals surface area (Å²) in [6, 6.07) is 4.10. The third kappa shape index (κ3) is 3.73. The van der Waals surface area contributed by atoms with Crippen LogP contribution in [0.1, 0.15) is 22.8 Å². The molecule has 0 amide bonds. The van der Waals surface area contributed by atoms with Gasteiger partial charge in [-0.25, -0.2) is 0 Å². The standard InChI is InChI=1S/C11H10BrF3O2/c1-6-4-3-5-8(17-11(13,14)15)9(6)10(16)7(2)12/h3-5,7H,1-2H3. The van der Waals surface area contributed by atoms with Crippen LogP contribution in [0.3, 0.4) is 0 Å². The molecule has 0 aliphatic heterocycles. The molecule has 1 aromatic carbocycles. The van der Waals surface area contributed by atoms with E-state index in [1.807, 2.05) is 0 Å². The predicted molar refractivity (Wildman–Crippen MR) is 60.6 cm³/mol. The summed E-state index contributed by atoms with van der Waals surface area (Å²) in [7, 11) is 0. The second-order valence-electron chi connectivity index (χ2n) is 3.48. The molecule has 1 unspecified atom stereocenters. The normalized spacial score (nSPS) is 13.3. The molecule has 0 heterocycles. The number of carbonyl (C=O) groups excluding carboxylic acids is 1. The molecule has 17 heavy (non-hydrogen) atoms. The van der Waals surface area contributed by atoms with Crippen molar-refractivity contribution in [2.24, 2.45) is 0 Å². The Kier molecular flexibility index (Phi) is 4.19. The van der Waals surface area contributed by atoms with Crippen LogP contribution in [-0.4, -0.2) is 17.0 Å². The first-order valence-corrected chi connectivity index (χ1v) is 5.67. The van der Waals surface area contributed by atoms with Crippen molar-refractivity contribution >= 4 is 21.7 Å². The number of hydrogen-bond acceptors (Lipinski definition) is 2. The number of hydrogen-bond donors (Lipinski definition) is 0. The van der Waals surface area contributed by atoms with Gasteiger partial charge in [0.05, 0.1) is 10.4 Å². The van der Waals surface area contributed by atoms with E-state index >= 15 is 0 Å². The van der Waals surface area contributed by atoms with Crippen LogP contribution in [-0.2, 0) is 0 Å². The van der Waals surface area contributed by atoms with E-state index in [0.29, 0.717) is 5.56 Å². The van der Waals surface area contributed by atoms with Gasteiger partial charge in [-0.15, -0.1) is 13.2 Å². The zero-order valence-corrected chi connectivity index (χ0v) is 10.7. The molecule has 0 aromatic heterocycles. The van der Waals surface area contributed by atoms with E-state index in [9.17, 15) is 18.0 Å². The van der Waals surface area contributed by atoms with Gasteiger partial charge in [-0.05, 0) is 25.5 Å². The Morgan fingerprint density at radius 3 is 2.47 bits per heavy atom. The smallest absolute Gasteiger partial charge is 0.405 e. The van der Waals surface area contributed by atoms with Crippen LogP contribution in [0.2, 0.25) is 0 Å². The fourth-order valence-corrected chi connectivity index (χ4v) is 1.59. The summed E-state index contributed by atoms with van der Waals surface area (Å²) in [6.07, 6.45) is -4.81. The van der Waals surface area contributed by atoms with Crippen LogP contribution < -0.4 is 4.74 Å². The highest BCUT2D eigenvalue weighted by atomic mass is 79.9. The minimum absolute atomic E-state index is 0.0470. The van der Waals surface area contributed by atoms with Crippen molar-refractivity contribution in [1.82, 2.24) is 0 Å². The fourth-order valence-electron chi connectivity index (χ4n) is 1.37. The second kappa shape index (κ2) is 5.08. The Bertz CT molecular complexity index is 427. The molecule has 0 aliphatic carbocycles. The summed E-state index contributed by atoms with van der Waals surface area (Å²) >= 11 is 3.04. The molecule has 0 saturated heterocycles. The summed E-state index contributed by atoms with van der Waals surface area (Å²) in [5.74, 6) is -0.906. The van der Waals surface area contributed by atoms with Crippen LogP contribution in [0.4, 0.5) is 13.2 Å². The van der Waals surface area contributed by atoms with Crippen molar-refractivity contribution in [1.29, 1.82) is 0 Å². The summed E-state index contributed by atoms with van der Waals surface area (Å²) in [6.45, 7) is 3.11. The molecule has 0 N–H and O–H groups in total. The van der Waals surface area contributed by atoms with Gasteiger partial charge >= 0.3 is 6.36 Å². The van der Waals surface area contributed by atoms with Crippen molar-refractivity contribution < 1.29 is 22.7 Å². The van der Waals surface area contributed by atoms with Crippen molar-refractivity contribution in [2.75, 3.05) is 0 Å². The van der Waals surface area contributed by atoms with Gasteiger partial charge in [-0.2, -0.15) is 0 Å². The maximum Gasteiger partial charge on any atom is 0.573 e. The lowest BCUT2D eigenvalue weighted by atomic mass is 10.0. The molecule has 94 valence electrons. The number of Topliss-reactive ketones (excluding diaryl/α,β-unsaturated/α-hetero) is 1. The zero-order valence-electron chi connectivity index (χ0n) is 9.14. The summed E-state index contributed by atoms with van der Waals surface area (Å²) in [5.41, 5.74) is 0.400. The molecular weight excluding hydrogens is 301 g/mol. The average Bonchev–Trinajstić information content (AvgIpc) is 2.14. The van der Waals surface area contributed by atoms with Crippen molar-refractivity contribution in [3.8, 4) is 5.75 Å². The van der Waals surface area contributed by atoms with Crippen molar-refractivity contribution in [2.45, 2.75) is 25.0 Å². The first-order chi connectivity index (χ1) is 7.72. The van der Waals surface area contributed by atoms with Crippen LogP contribution in [0.5, 0.6) is 5.75 Å². The van der Waals surface area contributed by atoms with Crippen molar-refractivity contribution in [3.63, 3.8) is 0 Å². The molecule has 0 spiro atoms. The van der Waals surface area contributed by atoms with Gasteiger partial charge in [0, 0.05) is 0 Å². The van der Waals surface area contributed by atoms with E-state index in [1.54, 1.807) is 19.9 Å². The summed E-state index contributed by atoms with van der Waals surface area (Å²) < 4.78 is 40.4. The molecule has 0 radical (unpaired) electrons. The lowest BCUT2D eigenvalue weighted by Crippen LogP contribution is -2.21. The topological polar surface area (TPSA) is 26.3 Å². The minimum atomic E-state index is -4.81. The number of ketones is 1. The third-order valence-corrected chi connectivity index (χ3v) is 2.48. The van der Waals surface area contributed by atoms with E-state index in [2.05, 4.69) is 20.7 Å². The number of ether oxygens (including phenoxy) is 1. The molecule has 0 saturated carbocycles. The maximum atomic E-state index is 12.2. The SMILES string of the molecule is Cc1cccc(OC(F)(F)F)c1C(=O)C(C)Br. The van der Waals surface area contributed by atoms with Gasteiger partial charge in [0.25, 0.3) is 0 Å². The molecule has 2 nitrogen and oxygen atoms in total. The molecular formula is C11H10BrF3O2. The summed E-state index contributed by atoms with van der Waals surface area (Å²) in [4.78, 5) is 11.2. The lowest BCUT2D eigenvalue weighted by Gasteiger charge is -2.15. The van der Waals surface area contributed by atoms with Gasteiger partial charge in [-0.1, -0.05) is 28.1 Å². The quantitative estimate of drug-likeness (QED) is 0.626. The van der Waals surface area contributed by atoms with E-state index in [4.69, 9.17) is 0 Å². The molecule has 1 atom stereocenters. The average molecular weight is 311 g/mol. The Morgan fingerprint density at radius 2 is 2.00 bits per heavy atom. The van der Waals surface area contributed by atoms with Crippen LogP contribution in [0, 0.1) is 6.92 Å². The maximum absolute atomic E-state index is 12.2. The minimum Gasteiger partial charge on any atom is -0.405 e. The highest BCUT2D eigenvalue weighted by Gasteiger charge is 2.33. The molecule has 0 aliphatic rings.